The summed E-state index contributed by atoms with van der Waals surface area (Å²) in [6, 6.07) is 10.2. The normalized spacial score (nSPS) is 16.1. The number of rotatable bonds is 7. The van der Waals surface area contributed by atoms with E-state index in [1.807, 2.05) is 4.90 Å². The first-order chi connectivity index (χ1) is 18.8. The lowest BCUT2D eigenvalue weighted by Gasteiger charge is -2.34. The summed E-state index contributed by atoms with van der Waals surface area (Å²) in [7, 11) is 0. The molecule has 1 saturated heterocycles. The number of benzene rings is 2. The number of ether oxygens (including phenoxy) is 2. The number of hydrogen-bond acceptors (Lipinski definition) is 8. The quantitative estimate of drug-likeness (QED) is 0.452. The second-order valence-corrected chi connectivity index (χ2v) is 9.30. The highest BCUT2D eigenvalue weighted by atomic mass is 19.4. The predicted octanol–water partition coefficient (Wildman–Crippen LogP) is 4.48. The molecular formula is C27H29F3N6O3. The molecule has 206 valence electrons. The molecule has 2 aliphatic rings. The Bertz CT molecular complexity index is 1330. The molecule has 12 heteroatoms. The molecule has 2 aliphatic heterocycles. The molecular weight excluding hydrogens is 513 g/mol. The van der Waals surface area contributed by atoms with Crippen LogP contribution in [0.3, 0.4) is 0 Å². The average molecular weight is 543 g/mol. The molecule has 1 fully saturated rings. The first kappa shape index (κ1) is 26.7. The van der Waals surface area contributed by atoms with Gasteiger partial charge in [0.2, 0.25) is 5.75 Å². The first-order valence-corrected chi connectivity index (χ1v) is 12.8. The van der Waals surface area contributed by atoms with Crippen molar-refractivity contribution in [3.8, 4) is 17.4 Å². The summed E-state index contributed by atoms with van der Waals surface area (Å²) in [6.07, 6.45) is -3.22. The summed E-state index contributed by atoms with van der Waals surface area (Å²) < 4.78 is 53.3. The van der Waals surface area contributed by atoms with Crippen molar-refractivity contribution in [1.29, 1.82) is 0 Å². The number of anilines is 2. The number of alkyl halides is 3. The summed E-state index contributed by atoms with van der Waals surface area (Å²) in [5.41, 5.74) is -0.299. The van der Waals surface area contributed by atoms with E-state index in [4.69, 9.17) is 9.47 Å². The summed E-state index contributed by atoms with van der Waals surface area (Å²) in [4.78, 5) is 25.5. The van der Waals surface area contributed by atoms with Gasteiger partial charge in [-0.05, 0) is 42.4 Å². The van der Waals surface area contributed by atoms with E-state index in [1.165, 1.54) is 24.5 Å². The topological polar surface area (TPSA) is 91.9 Å². The summed E-state index contributed by atoms with van der Waals surface area (Å²) >= 11 is 0. The number of aromatic nitrogens is 2. The Morgan fingerprint density at radius 1 is 1.10 bits per heavy atom. The van der Waals surface area contributed by atoms with Crippen LogP contribution in [0.15, 0.2) is 48.8 Å². The highest BCUT2D eigenvalue weighted by Gasteiger charge is 2.34. The van der Waals surface area contributed by atoms with E-state index in [9.17, 15) is 18.0 Å². The minimum absolute atomic E-state index is 0.0579. The van der Waals surface area contributed by atoms with Crippen molar-refractivity contribution >= 4 is 17.4 Å². The molecule has 3 aromatic rings. The highest BCUT2D eigenvalue weighted by molar-refractivity contribution is 6.04. The number of carbonyl (C=O) groups is 1. The summed E-state index contributed by atoms with van der Waals surface area (Å²) in [6.45, 7) is 7.32. The minimum Gasteiger partial charge on any atom is -0.483 e. The van der Waals surface area contributed by atoms with Gasteiger partial charge in [0.05, 0.1) is 12.1 Å². The number of halogens is 3. The van der Waals surface area contributed by atoms with Crippen LogP contribution in [-0.2, 0) is 12.7 Å². The molecule has 0 saturated carbocycles. The standard InChI is InChI=1S/C27H29F3N6O3/c1-2-35-9-11-36(12-10-35)16-19-6-7-20(15-22(19)27(28,29)30)34-25(37)18-4-3-5-21(14-18)39-26-23-24(32-17-33-26)31-8-13-38-23/h3-7,14-15,17H,2,8-13,16H2,1H3,(H,34,37)(H,31,32,33). The Balaban J connectivity index is 1.29. The van der Waals surface area contributed by atoms with Crippen LogP contribution in [-0.4, -0.2) is 71.6 Å². The molecule has 0 spiro atoms. The molecule has 2 N–H and O–H groups in total. The number of nitrogens with zero attached hydrogens (tertiary/aromatic N) is 4. The van der Waals surface area contributed by atoms with Crippen LogP contribution in [0.2, 0.25) is 0 Å². The molecule has 1 amide bonds. The zero-order valence-electron chi connectivity index (χ0n) is 21.4. The van der Waals surface area contributed by atoms with Gasteiger partial charge in [0.1, 0.15) is 18.7 Å². The van der Waals surface area contributed by atoms with Gasteiger partial charge in [0.15, 0.2) is 5.82 Å². The molecule has 1 aromatic heterocycles. The number of hydrogen-bond donors (Lipinski definition) is 2. The predicted molar refractivity (Wildman–Crippen MR) is 139 cm³/mol. The van der Waals surface area contributed by atoms with Gasteiger partial charge in [-0.1, -0.05) is 19.1 Å². The molecule has 0 radical (unpaired) electrons. The average Bonchev–Trinajstić information content (AvgIpc) is 2.94. The number of likely N-dealkylation sites (N-methyl/N-ethyl adjacent to an activating group) is 1. The highest BCUT2D eigenvalue weighted by Crippen LogP contribution is 2.37. The Hall–Kier alpha value is -3.90. The number of nitrogens with one attached hydrogen (secondary N) is 2. The molecule has 2 aromatic carbocycles. The lowest BCUT2D eigenvalue weighted by molar-refractivity contribution is -0.138. The van der Waals surface area contributed by atoms with Crippen molar-refractivity contribution in [3.05, 3.63) is 65.5 Å². The van der Waals surface area contributed by atoms with Gasteiger partial charge >= 0.3 is 6.18 Å². The third kappa shape index (κ3) is 6.40. The maximum atomic E-state index is 14.0. The zero-order valence-corrected chi connectivity index (χ0v) is 21.4. The van der Waals surface area contributed by atoms with Gasteiger partial charge in [0, 0.05) is 44.0 Å². The van der Waals surface area contributed by atoms with Gasteiger partial charge in [-0.15, -0.1) is 0 Å². The maximum absolute atomic E-state index is 14.0. The fraction of sp³-hybridized carbons (Fsp3) is 0.370. The van der Waals surface area contributed by atoms with E-state index in [-0.39, 0.29) is 29.2 Å². The second-order valence-electron chi connectivity index (χ2n) is 9.30. The molecule has 0 aliphatic carbocycles. The van der Waals surface area contributed by atoms with Crippen LogP contribution in [0, 0.1) is 0 Å². The van der Waals surface area contributed by atoms with Gasteiger partial charge in [0.25, 0.3) is 11.8 Å². The van der Waals surface area contributed by atoms with E-state index >= 15 is 0 Å². The van der Waals surface area contributed by atoms with E-state index in [2.05, 4.69) is 32.4 Å². The third-order valence-electron chi connectivity index (χ3n) is 6.70. The SMILES string of the molecule is CCN1CCN(Cc2ccc(NC(=O)c3cccc(Oc4ncnc5c4OCCN5)c3)cc2C(F)(F)F)CC1. The molecule has 5 rings (SSSR count). The lowest BCUT2D eigenvalue weighted by atomic mass is 10.0. The van der Waals surface area contributed by atoms with Gasteiger partial charge in [-0.25, -0.2) is 4.98 Å². The van der Waals surface area contributed by atoms with Crippen LogP contribution >= 0.6 is 0 Å². The van der Waals surface area contributed by atoms with Crippen LogP contribution in [0.25, 0.3) is 0 Å². The van der Waals surface area contributed by atoms with E-state index < -0.39 is 17.6 Å². The Kier molecular flexibility index (Phi) is 7.84. The van der Waals surface area contributed by atoms with E-state index in [0.29, 0.717) is 43.6 Å². The Morgan fingerprint density at radius 2 is 1.90 bits per heavy atom. The van der Waals surface area contributed by atoms with Crippen LogP contribution < -0.4 is 20.1 Å². The Labute approximate surface area is 223 Å². The van der Waals surface area contributed by atoms with Crippen LogP contribution in [0.4, 0.5) is 24.7 Å². The molecule has 9 nitrogen and oxygen atoms in total. The van der Waals surface area contributed by atoms with Gasteiger partial charge < -0.3 is 25.0 Å². The van der Waals surface area contributed by atoms with Crippen molar-refractivity contribution in [2.45, 2.75) is 19.6 Å². The molecule has 3 heterocycles. The van der Waals surface area contributed by atoms with Crippen LogP contribution in [0.1, 0.15) is 28.4 Å². The molecule has 0 atom stereocenters. The summed E-state index contributed by atoms with van der Waals surface area (Å²) in [5, 5.41) is 5.67. The second kappa shape index (κ2) is 11.5. The monoisotopic (exact) mass is 542 g/mol. The number of amides is 1. The smallest absolute Gasteiger partial charge is 0.416 e. The van der Waals surface area contributed by atoms with E-state index in [1.54, 1.807) is 18.2 Å². The van der Waals surface area contributed by atoms with Crippen molar-refractivity contribution in [1.82, 2.24) is 19.8 Å². The fourth-order valence-corrected chi connectivity index (χ4v) is 4.59. The lowest BCUT2D eigenvalue weighted by Crippen LogP contribution is -2.45. The van der Waals surface area contributed by atoms with Gasteiger partial charge in [-0.3, -0.25) is 9.69 Å². The summed E-state index contributed by atoms with van der Waals surface area (Å²) in [5.74, 6) is 0.802. The maximum Gasteiger partial charge on any atom is 0.416 e. The number of fused-ring (bicyclic) bond motifs is 1. The van der Waals surface area contributed by atoms with Gasteiger partial charge in [-0.2, -0.15) is 18.2 Å². The minimum atomic E-state index is -4.55. The van der Waals surface area contributed by atoms with Crippen molar-refractivity contribution in [2.75, 3.05) is 56.5 Å². The Morgan fingerprint density at radius 3 is 2.67 bits per heavy atom. The first-order valence-electron chi connectivity index (χ1n) is 12.8. The van der Waals surface area contributed by atoms with Crippen LogP contribution in [0.5, 0.6) is 17.4 Å². The largest absolute Gasteiger partial charge is 0.483 e. The zero-order chi connectivity index (χ0) is 27.4. The molecule has 39 heavy (non-hydrogen) atoms. The number of piperazine rings is 1. The van der Waals surface area contributed by atoms with E-state index in [0.717, 1.165) is 25.7 Å². The molecule has 0 bridgehead atoms. The molecule has 0 unspecified atom stereocenters. The third-order valence-corrected chi connectivity index (χ3v) is 6.70. The van der Waals surface area contributed by atoms with Crippen molar-refractivity contribution in [3.63, 3.8) is 0 Å². The number of carbonyl (C=O) groups excluding carboxylic acids is 1. The fourth-order valence-electron chi connectivity index (χ4n) is 4.59. The van der Waals surface area contributed by atoms with Crippen molar-refractivity contribution < 1.29 is 27.4 Å². The van der Waals surface area contributed by atoms with Crippen molar-refractivity contribution in [2.24, 2.45) is 0 Å².